The molecule has 9 heteroatoms. The van der Waals surface area contributed by atoms with Crippen LogP contribution < -0.4 is 10.6 Å². The summed E-state index contributed by atoms with van der Waals surface area (Å²) in [5, 5.41) is 18.7. The molecule has 0 saturated heterocycles. The molecule has 0 atom stereocenters. The van der Waals surface area contributed by atoms with Crippen LogP contribution in [-0.4, -0.2) is 48.9 Å². The van der Waals surface area contributed by atoms with Gasteiger partial charge >= 0.3 is 0 Å². The van der Waals surface area contributed by atoms with Crippen LogP contribution >= 0.6 is 0 Å². The van der Waals surface area contributed by atoms with Gasteiger partial charge in [-0.15, -0.1) is 10.2 Å². The Bertz CT molecular complexity index is 744. The van der Waals surface area contributed by atoms with Crippen molar-refractivity contribution in [2.45, 2.75) is 13.1 Å². The van der Waals surface area contributed by atoms with Crippen LogP contribution in [0.3, 0.4) is 0 Å². The molecular weight excluding hydrogens is 282 g/mol. The van der Waals surface area contributed by atoms with Gasteiger partial charge in [-0.05, 0) is 12.1 Å². The number of nitrogens with zero attached hydrogens (tertiary/aromatic N) is 7. The van der Waals surface area contributed by atoms with Crippen molar-refractivity contribution in [1.82, 2.24) is 40.0 Å². The number of fused-ring (bicyclic) bond motifs is 1. The van der Waals surface area contributed by atoms with E-state index in [9.17, 15) is 0 Å². The number of hydrogen-bond acceptors (Lipinski definition) is 5. The third kappa shape index (κ3) is 3.19. The summed E-state index contributed by atoms with van der Waals surface area (Å²) in [5.74, 6) is 1.53. The van der Waals surface area contributed by atoms with Crippen molar-refractivity contribution in [3.8, 4) is 0 Å². The molecule has 0 aromatic carbocycles. The average Bonchev–Trinajstić information content (AvgIpc) is 3.20. The van der Waals surface area contributed by atoms with E-state index in [-0.39, 0.29) is 0 Å². The van der Waals surface area contributed by atoms with Gasteiger partial charge in [0.05, 0.1) is 13.1 Å². The highest BCUT2D eigenvalue weighted by Gasteiger charge is 2.05. The van der Waals surface area contributed by atoms with Crippen molar-refractivity contribution < 1.29 is 0 Å². The zero-order valence-electron chi connectivity index (χ0n) is 12.2. The van der Waals surface area contributed by atoms with Crippen LogP contribution in [0.2, 0.25) is 0 Å². The minimum Gasteiger partial charge on any atom is -0.355 e. The Hall–Kier alpha value is -2.97. The molecular formula is C13H17N9. The fourth-order valence-electron chi connectivity index (χ4n) is 2.03. The summed E-state index contributed by atoms with van der Waals surface area (Å²) in [6, 6.07) is 5.80. The summed E-state index contributed by atoms with van der Waals surface area (Å²) in [6.07, 6.45) is 5.14. The predicted octanol–water partition coefficient (Wildman–Crippen LogP) is -0.314. The van der Waals surface area contributed by atoms with Gasteiger partial charge in [0.1, 0.15) is 12.7 Å². The molecule has 3 aromatic heterocycles. The molecule has 0 aliphatic rings. The number of aromatic nitrogens is 6. The van der Waals surface area contributed by atoms with Crippen LogP contribution in [0.15, 0.2) is 42.0 Å². The second-order valence-electron chi connectivity index (χ2n) is 4.56. The Balaban J connectivity index is 1.52. The van der Waals surface area contributed by atoms with E-state index in [2.05, 4.69) is 35.9 Å². The molecule has 2 N–H and O–H groups in total. The van der Waals surface area contributed by atoms with E-state index in [0.717, 1.165) is 11.5 Å². The second-order valence-corrected chi connectivity index (χ2v) is 4.56. The van der Waals surface area contributed by atoms with Gasteiger partial charge in [0, 0.05) is 19.8 Å². The number of aliphatic imine (C=N–C) groups is 1. The summed E-state index contributed by atoms with van der Waals surface area (Å²) in [4.78, 5) is 8.08. The lowest BCUT2D eigenvalue weighted by Crippen LogP contribution is -2.38. The van der Waals surface area contributed by atoms with Gasteiger partial charge in [-0.25, -0.2) is 4.98 Å². The van der Waals surface area contributed by atoms with Crippen LogP contribution in [0.5, 0.6) is 0 Å². The van der Waals surface area contributed by atoms with E-state index < -0.39 is 0 Å². The van der Waals surface area contributed by atoms with E-state index in [0.29, 0.717) is 25.6 Å². The van der Waals surface area contributed by atoms with Crippen molar-refractivity contribution >= 4 is 11.6 Å². The normalized spacial score (nSPS) is 11.8. The average molecular weight is 299 g/mol. The first-order chi connectivity index (χ1) is 10.9. The lowest BCUT2D eigenvalue weighted by Gasteiger charge is -2.11. The van der Waals surface area contributed by atoms with E-state index in [1.807, 2.05) is 28.8 Å². The molecule has 0 bridgehead atoms. The number of hydrogen-bond donors (Lipinski definition) is 2. The van der Waals surface area contributed by atoms with E-state index in [1.54, 1.807) is 18.1 Å². The standard InChI is InChI=1S/C13H17N9/c1-14-13(16-5-7-21-10-15-9-18-21)17-8-12-20-19-11-4-2-3-6-22(11)12/h2-4,6,9-10H,5,7-8H2,1H3,(H2,14,16,17). The van der Waals surface area contributed by atoms with Gasteiger partial charge in [-0.3, -0.25) is 14.1 Å². The van der Waals surface area contributed by atoms with E-state index in [4.69, 9.17) is 0 Å². The highest BCUT2D eigenvalue weighted by atomic mass is 15.3. The van der Waals surface area contributed by atoms with Crippen LogP contribution in [0.25, 0.3) is 5.65 Å². The van der Waals surface area contributed by atoms with Crippen LogP contribution in [0.1, 0.15) is 5.82 Å². The first-order valence-corrected chi connectivity index (χ1v) is 6.92. The van der Waals surface area contributed by atoms with Gasteiger partial charge in [0.2, 0.25) is 0 Å². The molecule has 0 aliphatic heterocycles. The number of nitrogens with one attached hydrogen (secondary N) is 2. The monoisotopic (exact) mass is 299 g/mol. The fraction of sp³-hybridized carbons (Fsp3) is 0.308. The van der Waals surface area contributed by atoms with Crippen LogP contribution in [0, 0.1) is 0 Å². The number of pyridine rings is 1. The third-order valence-corrected chi connectivity index (χ3v) is 3.12. The highest BCUT2D eigenvalue weighted by Crippen LogP contribution is 2.01. The van der Waals surface area contributed by atoms with E-state index in [1.165, 1.54) is 6.33 Å². The second kappa shape index (κ2) is 6.66. The molecule has 22 heavy (non-hydrogen) atoms. The quantitative estimate of drug-likeness (QED) is 0.495. The van der Waals surface area contributed by atoms with E-state index >= 15 is 0 Å². The van der Waals surface area contributed by atoms with Gasteiger partial charge in [0.25, 0.3) is 0 Å². The minimum absolute atomic E-state index is 0.536. The Morgan fingerprint density at radius 3 is 3.05 bits per heavy atom. The third-order valence-electron chi connectivity index (χ3n) is 3.12. The maximum absolute atomic E-state index is 4.18. The Morgan fingerprint density at radius 2 is 2.23 bits per heavy atom. The Morgan fingerprint density at radius 1 is 1.27 bits per heavy atom. The maximum atomic E-state index is 4.18. The fourth-order valence-corrected chi connectivity index (χ4v) is 2.03. The molecule has 0 spiro atoms. The SMILES string of the molecule is CN=C(NCCn1cncn1)NCc1nnc2ccccn12. The van der Waals surface area contributed by atoms with Crippen LogP contribution in [0.4, 0.5) is 0 Å². The predicted molar refractivity (Wildman–Crippen MR) is 81.2 cm³/mol. The first kappa shape index (κ1) is 14.0. The lowest BCUT2D eigenvalue weighted by atomic mass is 10.4. The molecule has 0 unspecified atom stereocenters. The summed E-state index contributed by atoms with van der Waals surface area (Å²) in [6.45, 7) is 1.95. The van der Waals surface area contributed by atoms with Crippen LogP contribution in [-0.2, 0) is 13.1 Å². The molecule has 0 amide bonds. The molecule has 114 valence electrons. The number of guanidine groups is 1. The van der Waals surface area contributed by atoms with Crippen molar-refractivity contribution in [2.75, 3.05) is 13.6 Å². The first-order valence-electron chi connectivity index (χ1n) is 6.92. The van der Waals surface area contributed by atoms with Gasteiger partial charge in [-0.2, -0.15) is 5.10 Å². The molecule has 0 saturated carbocycles. The smallest absolute Gasteiger partial charge is 0.191 e. The molecule has 3 heterocycles. The number of rotatable bonds is 5. The Labute approximate surface area is 127 Å². The largest absolute Gasteiger partial charge is 0.355 e. The molecule has 3 aromatic rings. The van der Waals surface area contributed by atoms with Crippen molar-refractivity contribution in [3.05, 3.63) is 42.9 Å². The zero-order chi connectivity index (χ0) is 15.2. The molecule has 0 fully saturated rings. The Kier molecular flexibility index (Phi) is 4.23. The summed E-state index contributed by atoms with van der Waals surface area (Å²) in [7, 11) is 1.73. The van der Waals surface area contributed by atoms with Gasteiger partial charge in [-0.1, -0.05) is 6.07 Å². The molecule has 3 rings (SSSR count). The maximum Gasteiger partial charge on any atom is 0.191 e. The van der Waals surface area contributed by atoms with Gasteiger partial charge < -0.3 is 10.6 Å². The summed E-state index contributed by atoms with van der Waals surface area (Å²) in [5.41, 5.74) is 0.827. The van der Waals surface area contributed by atoms with Crippen molar-refractivity contribution in [2.24, 2.45) is 4.99 Å². The summed E-state index contributed by atoms with van der Waals surface area (Å²) < 4.78 is 3.70. The van der Waals surface area contributed by atoms with Crippen molar-refractivity contribution in [1.29, 1.82) is 0 Å². The highest BCUT2D eigenvalue weighted by molar-refractivity contribution is 5.79. The van der Waals surface area contributed by atoms with Gasteiger partial charge in [0.15, 0.2) is 17.4 Å². The van der Waals surface area contributed by atoms with Crippen molar-refractivity contribution in [3.63, 3.8) is 0 Å². The molecule has 0 radical (unpaired) electrons. The topological polar surface area (TPSA) is 97.3 Å². The molecule has 0 aliphatic carbocycles. The zero-order valence-corrected chi connectivity index (χ0v) is 12.2. The summed E-state index contributed by atoms with van der Waals surface area (Å²) >= 11 is 0. The molecule has 9 nitrogen and oxygen atoms in total. The lowest BCUT2D eigenvalue weighted by molar-refractivity contribution is 0.595. The minimum atomic E-state index is 0.536.